The summed E-state index contributed by atoms with van der Waals surface area (Å²) in [5.74, 6) is -0.550. The van der Waals surface area contributed by atoms with E-state index in [4.69, 9.17) is 0 Å². The van der Waals surface area contributed by atoms with Crippen molar-refractivity contribution < 1.29 is 23.1 Å². The molecule has 0 aliphatic rings. The number of amides is 1. The summed E-state index contributed by atoms with van der Waals surface area (Å²) in [6, 6.07) is -0.530. The van der Waals surface area contributed by atoms with Gasteiger partial charge in [0.25, 0.3) is 5.91 Å². The van der Waals surface area contributed by atoms with E-state index in [1.54, 1.807) is 20.1 Å². The van der Waals surface area contributed by atoms with Crippen molar-refractivity contribution in [3.05, 3.63) is 17.5 Å². The van der Waals surface area contributed by atoms with Crippen molar-refractivity contribution in [1.29, 1.82) is 0 Å². The molecule has 1 unspecified atom stereocenters. The standard InChI is InChI=1S/C13H20F3N3O2S/c1-8(2)19-10(13(14,15)16)9(5-18-19)11(20)17-6-12(3,21)7-22-4/h5,8,21H,6-7H2,1-4H3,(H,17,20). The van der Waals surface area contributed by atoms with Gasteiger partial charge in [-0.25, -0.2) is 0 Å². The number of hydrogen-bond donors (Lipinski definition) is 2. The average molecular weight is 339 g/mol. The Morgan fingerprint density at radius 2 is 2.09 bits per heavy atom. The molecule has 2 N–H and O–H groups in total. The predicted molar refractivity (Wildman–Crippen MR) is 79.0 cm³/mol. The molecule has 0 saturated carbocycles. The topological polar surface area (TPSA) is 67.2 Å². The van der Waals surface area contributed by atoms with Crippen LogP contribution in [-0.2, 0) is 6.18 Å². The number of halogens is 3. The Morgan fingerprint density at radius 3 is 2.55 bits per heavy atom. The van der Waals surface area contributed by atoms with Crippen molar-refractivity contribution in [3.63, 3.8) is 0 Å². The summed E-state index contributed by atoms with van der Waals surface area (Å²) in [5, 5.41) is 15.9. The van der Waals surface area contributed by atoms with Gasteiger partial charge >= 0.3 is 6.18 Å². The Kier molecular flexibility index (Phi) is 5.91. The van der Waals surface area contributed by atoms with Crippen LogP contribution < -0.4 is 5.32 Å². The quantitative estimate of drug-likeness (QED) is 0.835. The molecule has 1 aromatic rings. The van der Waals surface area contributed by atoms with Gasteiger partial charge in [0.15, 0.2) is 5.69 Å². The molecule has 1 aromatic heterocycles. The summed E-state index contributed by atoms with van der Waals surface area (Å²) in [6.07, 6.45) is -2.00. The van der Waals surface area contributed by atoms with Crippen molar-refractivity contribution >= 4 is 17.7 Å². The number of nitrogens with zero attached hydrogens (tertiary/aromatic N) is 2. The third-order valence-corrected chi connectivity index (χ3v) is 3.79. The lowest BCUT2D eigenvalue weighted by Gasteiger charge is -2.22. The summed E-state index contributed by atoms with van der Waals surface area (Å²) in [6.45, 7) is 4.46. The third-order valence-electron chi connectivity index (χ3n) is 2.88. The monoisotopic (exact) mass is 339 g/mol. The first-order valence-electron chi connectivity index (χ1n) is 6.64. The van der Waals surface area contributed by atoms with Crippen LogP contribution in [0.3, 0.4) is 0 Å². The molecular weight excluding hydrogens is 319 g/mol. The molecule has 0 aliphatic heterocycles. The smallest absolute Gasteiger partial charge is 0.387 e. The molecule has 0 aliphatic carbocycles. The second-order valence-electron chi connectivity index (χ2n) is 5.56. The van der Waals surface area contributed by atoms with Gasteiger partial charge in [-0.15, -0.1) is 0 Å². The molecule has 1 rings (SSSR count). The number of aromatic nitrogens is 2. The first-order valence-corrected chi connectivity index (χ1v) is 8.03. The van der Waals surface area contributed by atoms with Gasteiger partial charge in [0.2, 0.25) is 0 Å². The van der Waals surface area contributed by atoms with Crippen LogP contribution >= 0.6 is 11.8 Å². The number of hydrogen-bond acceptors (Lipinski definition) is 4. The van der Waals surface area contributed by atoms with Gasteiger partial charge in [0, 0.05) is 18.3 Å². The van der Waals surface area contributed by atoms with E-state index in [9.17, 15) is 23.1 Å². The Bertz CT molecular complexity index is 527. The fourth-order valence-corrected chi connectivity index (χ4v) is 2.65. The van der Waals surface area contributed by atoms with E-state index in [1.807, 2.05) is 0 Å². The molecule has 0 saturated heterocycles. The van der Waals surface area contributed by atoms with E-state index in [-0.39, 0.29) is 6.54 Å². The molecule has 5 nitrogen and oxygen atoms in total. The van der Waals surface area contributed by atoms with E-state index in [0.29, 0.717) is 5.75 Å². The zero-order chi connectivity index (χ0) is 17.1. The second-order valence-corrected chi connectivity index (χ2v) is 6.42. The molecule has 0 fully saturated rings. The van der Waals surface area contributed by atoms with Gasteiger partial charge in [-0.05, 0) is 27.0 Å². The van der Waals surface area contributed by atoms with Gasteiger partial charge in [-0.1, -0.05) is 0 Å². The summed E-state index contributed by atoms with van der Waals surface area (Å²) >= 11 is 1.37. The van der Waals surface area contributed by atoms with Crippen molar-refractivity contribution in [2.45, 2.75) is 38.6 Å². The molecule has 0 radical (unpaired) electrons. The van der Waals surface area contributed by atoms with Gasteiger partial charge in [-0.2, -0.15) is 30.0 Å². The number of alkyl halides is 3. The van der Waals surface area contributed by atoms with E-state index in [1.165, 1.54) is 18.7 Å². The fourth-order valence-electron chi connectivity index (χ4n) is 1.93. The zero-order valence-corrected chi connectivity index (χ0v) is 13.7. The summed E-state index contributed by atoms with van der Waals surface area (Å²) in [5.41, 5.74) is -2.81. The molecule has 1 amide bonds. The summed E-state index contributed by atoms with van der Waals surface area (Å²) in [7, 11) is 0. The maximum Gasteiger partial charge on any atom is 0.433 e. The van der Waals surface area contributed by atoms with Crippen molar-refractivity contribution in [3.8, 4) is 0 Å². The third kappa shape index (κ3) is 4.64. The van der Waals surface area contributed by atoms with E-state index < -0.39 is 35.0 Å². The lowest BCUT2D eigenvalue weighted by atomic mass is 10.1. The largest absolute Gasteiger partial charge is 0.433 e. The minimum Gasteiger partial charge on any atom is -0.387 e. The van der Waals surface area contributed by atoms with Crippen LogP contribution in [-0.4, -0.2) is 44.9 Å². The highest BCUT2D eigenvalue weighted by molar-refractivity contribution is 7.98. The number of carbonyl (C=O) groups excluding carboxylic acids is 1. The van der Waals surface area contributed by atoms with Crippen LogP contribution in [0.2, 0.25) is 0 Å². The number of nitrogens with one attached hydrogen (secondary N) is 1. The van der Waals surface area contributed by atoms with Crippen LogP contribution in [0, 0.1) is 0 Å². The highest BCUT2D eigenvalue weighted by atomic mass is 32.2. The minimum absolute atomic E-state index is 0.142. The molecule has 0 bridgehead atoms. The molecule has 22 heavy (non-hydrogen) atoms. The van der Waals surface area contributed by atoms with Gasteiger partial charge in [-0.3, -0.25) is 9.48 Å². The van der Waals surface area contributed by atoms with Crippen LogP contribution in [0.1, 0.15) is 42.9 Å². The first kappa shape index (κ1) is 18.8. The Labute approximate surface area is 131 Å². The van der Waals surface area contributed by atoms with Crippen molar-refractivity contribution in [1.82, 2.24) is 15.1 Å². The Morgan fingerprint density at radius 1 is 1.50 bits per heavy atom. The van der Waals surface area contributed by atoms with E-state index in [0.717, 1.165) is 10.9 Å². The molecule has 9 heteroatoms. The summed E-state index contributed by atoms with van der Waals surface area (Å²) in [4.78, 5) is 12.0. The predicted octanol–water partition coefficient (Wildman–Crippen LogP) is 2.33. The molecule has 126 valence electrons. The first-order chi connectivity index (χ1) is 9.99. The normalized spacial score (nSPS) is 15.0. The highest BCUT2D eigenvalue weighted by Gasteiger charge is 2.40. The van der Waals surface area contributed by atoms with E-state index in [2.05, 4.69) is 10.4 Å². The maximum atomic E-state index is 13.2. The van der Waals surface area contributed by atoms with Gasteiger partial charge < -0.3 is 10.4 Å². The fraction of sp³-hybridized carbons (Fsp3) is 0.692. The minimum atomic E-state index is -4.69. The average Bonchev–Trinajstić information content (AvgIpc) is 2.80. The Hall–Kier alpha value is -1.22. The molecule has 0 aromatic carbocycles. The van der Waals surface area contributed by atoms with Crippen molar-refractivity contribution in [2.24, 2.45) is 0 Å². The van der Waals surface area contributed by atoms with Gasteiger partial charge in [0.1, 0.15) is 0 Å². The second kappa shape index (κ2) is 6.91. The Balaban J connectivity index is 3.00. The molecule has 1 atom stereocenters. The maximum absolute atomic E-state index is 13.2. The molecular formula is C13H20F3N3O2S. The van der Waals surface area contributed by atoms with Crippen LogP contribution in [0.25, 0.3) is 0 Å². The van der Waals surface area contributed by atoms with Crippen LogP contribution in [0.4, 0.5) is 13.2 Å². The SMILES string of the molecule is CSCC(C)(O)CNC(=O)c1cnn(C(C)C)c1C(F)(F)F. The number of carbonyl (C=O) groups is 1. The zero-order valence-electron chi connectivity index (χ0n) is 12.9. The highest BCUT2D eigenvalue weighted by Crippen LogP contribution is 2.33. The van der Waals surface area contributed by atoms with E-state index >= 15 is 0 Å². The molecule has 0 spiro atoms. The van der Waals surface area contributed by atoms with Gasteiger partial charge in [0.05, 0.1) is 17.4 Å². The summed E-state index contributed by atoms with van der Waals surface area (Å²) < 4.78 is 40.3. The van der Waals surface area contributed by atoms with Crippen molar-refractivity contribution in [2.75, 3.05) is 18.6 Å². The lowest BCUT2D eigenvalue weighted by Crippen LogP contribution is -2.42. The lowest BCUT2D eigenvalue weighted by molar-refractivity contribution is -0.145. The van der Waals surface area contributed by atoms with Crippen LogP contribution in [0.5, 0.6) is 0 Å². The molecule has 1 heterocycles. The number of thioether (sulfide) groups is 1. The number of rotatable bonds is 6. The van der Waals surface area contributed by atoms with Crippen LogP contribution in [0.15, 0.2) is 6.20 Å². The number of aliphatic hydroxyl groups is 1.